The second-order valence-corrected chi connectivity index (χ2v) is 3.87. The first-order valence-corrected chi connectivity index (χ1v) is 5.95. The lowest BCUT2D eigenvalue weighted by molar-refractivity contribution is -0.140. The molecule has 0 saturated heterocycles. The van der Waals surface area contributed by atoms with Crippen LogP contribution < -0.4 is 0 Å². The zero-order chi connectivity index (χ0) is 12.5. The van der Waals surface area contributed by atoms with E-state index in [1.807, 2.05) is 18.2 Å². The van der Waals surface area contributed by atoms with Gasteiger partial charge in [-0.25, -0.2) is 0 Å². The van der Waals surface area contributed by atoms with Crippen molar-refractivity contribution in [1.29, 1.82) is 0 Å². The normalized spacial score (nSPS) is 10.5. The molecule has 0 aliphatic rings. The summed E-state index contributed by atoms with van der Waals surface area (Å²) >= 11 is 0. The highest BCUT2D eigenvalue weighted by molar-refractivity contribution is 5.69. The van der Waals surface area contributed by atoms with Gasteiger partial charge in [0.25, 0.3) is 0 Å². The predicted octanol–water partition coefficient (Wildman–Crippen LogP) is 1.86. The third kappa shape index (κ3) is 5.45. The molecule has 0 spiro atoms. The van der Waals surface area contributed by atoms with Gasteiger partial charge in [-0.05, 0) is 31.6 Å². The maximum absolute atomic E-state index is 11.0. The van der Waals surface area contributed by atoms with Gasteiger partial charge >= 0.3 is 5.97 Å². The minimum Gasteiger partial charge on any atom is -0.469 e. The number of carbonyl (C=O) groups is 1. The lowest BCUT2D eigenvalue weighted by Gasteiger charge is -2.19. The van der Waals surface area contributed by atoms with Crippen molar-refractivity contribution in [2.45, 2.75) is 26.3 Å². The number of hydrogen-bond acceptors (Lipinski definition) is 4. The molecule has 4 nitrogen and oxygen atoms in total. The number of aromatic nitrogens is 1. The standard InChI is InChI=1S/C13H20N2O2/c1-3-15(10-6-8-13(16)17-2)11-12-7-4-5-9-14-12/h4-5,7,9H,3,6,8,10-11H2,1-2H3. The summed E-state index contributed by atoms with van der Waals surface area (Å²) in [5, 5.41) is 0. The van der Waals surface area contributed by atoms with Crippen molar-refractivity contribution in [3.8, 4) is 0 Å². The molecular formula is C13H20N2O2. The molecule has 0 N–H and O–H groups in total. The number of carbonyl (C=O) groups excluding carboxylic acids is 1. The van der Waals surface area contributed by atoms with Crippen molar-refractivity contribution in [2.24, 2.45) is 0 Å². The lowest BCUT2D eigenvalue weighted by Crippen LogP contribution is -2.25. The van der Waals surface area contributed by atoms with Crippen LogP contribution in [-0.4, -0.2) is 36.1 Å². The predicted molar refractivity (Wildman–Crippen MR) is 66.4 cm³/mol. The SMILES string of the molecule is CCN(CCCC(=O)OC)Cc1ccccn1. The summed E-state index contributed by atoms with van der Waals surface area (Å²) < 4.78 is 4.61. The van der Waals surface area contributed by atoms with Gasteiger partial charge in [-0.3, -0.25) is 14.7 Å². The molecule has 0 atom stereocenters. The Labute approximate surface area is 103 Å². The number of hydrogen-bond donors (Lipinski definition) is 0. The van der Waals surface area contributed by atoms with Gasteiger partial charge in [-0.1, -0.05) is 13.0 Å². The Morgan fingerprint density at radius 3 is 2.88 bits per heavy atom. The fraction of sp³-hybridized carbons (Fsp3) is 0.538. The maximum atomic E-state index is 11.0. The second kappa shape index (κ2) is 7.79. The van der Waals surface area contributed by atoms with E-state index < -0.39 is 0 Å². The van der Waals surface area contributed by atoms with Gasteiger partial charge in [-0.2, -0.15) is 0 Å². The molecule has 0 aliphatic heterocycles. The van der Waals surface area contributed by atoms with Crippen LogP contribution in [0, 0.1) is 0 Å². The average Bonchev–Trinajstić information content (AvgIpc) is 2.38. The van der Waals surface area contributed by atoms with Crippen molar-refractivity contribution in [3.63, 3.8) is 0 Å². The van der Waals surface area contributed by atoms with Crippen molar-refractivity contribution >= 4 is 5.97 Å². The summed E-state index contributed by atoms with van der Waals surface area (Å²) in [4.78, 5) is 17.5. The Kier molecular flexibility index (Phi) is 6.25. The van der Waals surface area contributed by atoms with Crippen LogP contribution in [0.2, 0.25) is 0 Å². The van der Waals surface area contributed by atoms with Crippen LogP contribution in [0.4, 0.5) is 0 Å². The van der Waals surface area contributed by atoms with Gasteiger partial charge in [-0.15, -0.1) is 0 Å². The van der Waals surface area contributed by atoms with Crippen LogP contribution in [0.3, 0.4) is 0 Å². The number of methoxy groups -OCH3 is 1. The molecule has 0 amide bonds. The first-order chi connectivity index (χ1) is 8.26. The van der Waals surface area contributed by atoms with Crippen LogP contribution in [0.25, 0.3) is 0 Å². The van der Waals surface area contributed by atoms with E-state index in [1.54, 1.807) is 6.20 Å². The maximum Gasteiger partial charge on any atom is 0.305 e. The largest absolute Gasteiger partial charge is 0.469 e. The van der Waals surface area contributed by atoms with Crippen LogP contribution in [-0.2, 0) is 16.1 Å². The lowest BCUT2D eigenvalue weighted by atomic mass is 10.2. The molecule has 4 heteroatoms. The average molecular weight is 236 g/mol. The molecule has 94 valence electrons. The Morgan fingerprint density at radius 2 is 2.29 bits per heavy atom. The molecule has 0 aromatic carbocycles. The van der Waals surface area contributed by atoms with E-state index >= 15 is 0 Å². The number of nitrogens with zero attached hydrogens (tertiary/aromatic N) is 2. The van der Waals surface area contributed by atoms with Gasteiger partial charge in [0.15, 0.2) is 0 Å². The topological polar surface area (TPSA) is 42.4 Å². The second-order valence-electron chi connectivity index (χ2n) is 3.87. The van der Waals surface area contributed by atoms with Crippen LogP contribution in [0.15, 0.2) is 24.4 Å². The number of ether oxygens (including phenoxy) is 1. The molecule has 1 aromatic heterocycles. The van der Waals surface area contributed by atoms with E-state index in [-0.39, 0.29) is 5.97 Å². The zero-order valence-electron chi connectivity index (χ0n) is 10.6. The third-order valence-electron chi connectivity index (χ3n) is 2.64. The minimum atomic E-state index is -0.140. The number of pyridine rings is 1. The summed E-state index contributed by atoms with van der Waals surface area (Å²) in [6.07, 6.45) is 3.11. The number of esters is 1. The van der Waals surface area contributed by atoms with E-state index in [4.69, 9.17) is 0 Å². The molecule has 0 unspecified atom stereocenters. The van der Waals surface area contributed by atoms with Crippen molar-refractivity contribution in [1.82, 2.24) is 9.88 Å². The molecule has 0 bridgehead atoms. The summed E-state index contributed by atoms with van der Waals surface area (Å²) in [6.45, 7) is 4.79. The first-order valence-electron chi connectivity index (χ1n) is 5.95. The smallest absolute Gasteiger partial charge is 0.305 e. The molecule has 0 aliphatic carbocycles. The van der Waals surface area contributed by atoms with Gasteiger partial charge in [0.2, 0.25) is 0 Å². The fourth-order valence-electron chi connectivity index (χ4n) is 1.62. The van der Waals surface area contributed by atoms with Crippen LogP contribution >= 0.6 is 0 Å². The van der Waals surface area contributed by atoms with E-state index in [1.165, 1.54) is 7.11 Å². The van der Waals surface area contributed by atoms with Gasteiger partial charge < -0.3 is 4.74 Å². The van der Waals surface area contributed by atoms with E-state index in [0.717, 1.165) is 31.7 Å². The Hall–Kier alpha value is -1.42. The van der Waals surface area contributed by atoms with Crippen molar-refractivity contribution < 1.29 is 9.53 Å². The summed E-state index contributed by atoms with van der Waals surface area (Å²) in [5.41, 5.74) is 1.06. The highest BCUT2D eigenvalue weighted by Gasteiger charge is 2.06. The molecule has 1 aromatic rings. The van der Waals surface area contributed by atoms with Gasteiger partial charge in [0.1, 0.15) is 0 Å². The van der Waals surface area contributed by atoms with E-state index in [0.29, 0.717) is 6.42 Å². The summed E-state index contributed by atoms with van der Waals surface area (Å²) in [5.74, 6) is -0.140. The molecule has 0 saturated carbocycles. The van der Waals surface area contributed by atoms with Crippen LogP contribution in [0.5, 0.6) is 0 Å². The number of rotatable bonds is 7. The highest BCUT2D eigenvalue weighted by Crippen LogP contribution is 2.03. The van der Waals surface area contributed by atoms with Gasteiger partial charge in [0, 0.05) is 19.2 Å². The van der Waals surface area contributed by atoms with Crippen molar-refractivity contribution in [3.05, 3.63) is 30.1 Å². The molecular weight excluding hydrogens is 216 g/mol. The Bertz CT molecular complexity index is 327. The molecule has 17 heavy (non-hydrogen) atoms. The molecule has 0 fully saturated rings. The van der Waals surface area contributed by atoms with Crippen molar-refractivity contribution in [2.75, 3.05) is 20.2 Å². The summed E-state index contributed by atoms with van der Waals surface area (Å²) in [7, 11) is 1.42. The quantitative estimate of drug-likeness (QED) is 0.678. The zero-order valence-corrected chi connectivity index (χ0v) is 10.6. The first kappa shape index (κ1) is 13.6. The Balaban J connectivity index is 2.31. The monoisotopic (exact) mass is 236 g/mol. The molecule has 0 radical (unpaired) electrons. The highest BCUT2D eigenvalue weighted by atomic mass is 16.5. The molecule has 1 heterocycles. The van der Waals surface area contributed by atoms with E-state index in [9.17, 15) is 4.79 Å². The summed E-state index contributed by atoms with van der Waals surface area (Å²) in [6, 6.07) is 5.92. The third-order valence-corrected chi connectivity index (χ3v) is 2.64. The van der Waals surface area contributed by atoms with Crippen LogP contribution in [0.1, 0.15) is 25.5 Å². The van der Waals surface area contributed by atoms with E-state index in [2.05, 4.69) is 21.5 Å². The molecule has 1 rings (SSSR count). The fourth-order valence-corrected chi connectivity index (χ4v) is 1.62. The Morgan fingerprint density at radius 1 is 1.47 bits per heavy atom. The van der Waals surface area contributed by atoms with Gasteiger partial charge in [0.05, 0.1) is 12.8 Å². The minimum absolute atomic E-state index is 0.140.